The molecule has 0 aliphatic rings. The van der Waals surface area contributed by atoms with E-state index in [1.165, 1.54) is 11.3 Å². The molecule has 0 aliphatic carbocycles. The minimum atomic E-state index is -0.917. The molecule has 0 spiro atoms. The number of benzene rings is 1. The van der Waals surface area contributed by atoms with Crippen molar-refractivity contribution >= 4 is 17.3 Å². The summed E-state index contributed by atoms with van der Waals surface area (Å²) in [4.78, 5) is 12.4. The molecule has 7 heteroatoms. The maximum Gasteiger partial charge on any atom is 0.345 e. The van der Waals surface area contributed by atoms with Crippen LogP contribution in [0.25, 0.3) is 5.69 Å². The Morgan fingerprint density at radius 1 is 1.06 bits per heavy atom. The van der Waals surface area contributed by atoms with Crippen LogP contribution in [0.15, 0.2) is 42.5 Å². The molecule has 0 fully saturated rings. The monoisotopic (exact) mass is 471 g/mol. The van der Waals surface area contributed by atoms with Crippen molar-refractivity contribution in [3.63, 3.8) is 0 Å². The Morgan fingerprint density at radius 3 is 2.36 bits per heavy atom. The lowest BCUT2D eigenvalue weighted by Crippen LogP contribution is -2.33. The summed E-state index contributed by atoms with van der Waals surface area (Å²) < 4.78 is 1.64. The average Bonchev–Trinajstić information content (AvgIpc) is 3.37. The number of carboxylic acids is 1. The maximum atomic E-state index is 11.1. The lowest BCUT2D eigenvalue weighted by molar-refractivity contribution is 0.0702. The van der Waals surface area contributed by atoms with Gasteiger partial charge in [-0.15, -0.1) is 11.3 Å². The molecule has 1 aromatic carbocycles. The van der Waals surface area contributed by atoms with Crippen molar-refractivity contribution in [3.05, 3.63) is 63.5 Å². The Morgan fingerprint density at radius 2 is 1.76 bits per heavy atom. The molecular formula is C26H33NO5S. The van der Waals surface area contributed by atoms with E-state index in [1.54, 1.807) is 16.7 Å². The van der Waals surface area contributed by atoms with Gasteiger partial charge < -0.3 is 20.4 Å². The third-order valence-corrected chi connectivity index (χ3v) is 7.43. The Labute approximate surface area is 198 Å². The summed E-state index contributed by atoms with van der Waals surface area (Å²) in [6, 6.07) is 12.7. The summed E-state index contributed by atoms with van der Waals surface area (Å²) >= 11 is 1.27. The summed E-state index contributed by atoms with van der Waals surface area (Å²) in [7, 11) is 0. The zero-order chi connectivity index (χ0) is 24.2. The molecule has 2 aromatic heterocycles. The Hall–Kier alpha value is -2.77. The number of aryl methyl sites for hydroxylation is 2. The lowest BCUT2D eigenvalue weighted by atomic mass is 9.77. The predicted octanol–water partition coefficient (Wildman–Crippen LogP) is 5.65. The first-order chi connectivity index (χ1) is 15.6. The maximum absolute atomic E-state index is 11.1. The molecule has 33 heavy (non-hydrogen) atoms. The van der Waals surface area contributed by atoms with Crippen molar-refractivity contribution in [3.8, 4) is 17.3 Å². The molecule has 1 unspecified atom stereocenters. The van der Waals surface area contributed by atoms with Crippen LogP contribution < -0.4 is 0 Å². The fourth-order valence-electron chi connectivity index (χ4n) is 4.07. The predicted molar refractivity (Wildman–Crippen MR) is 131 cm³/mol. The van der Waals surface area contributed by atoms with Gasteiger partial charge >= 0.3 is 5.97 Å². The first-order valence-electron chi connectivity index (χ1n) is 11.4. The van der Waals surface area contributed by atoms with Gasteiger partial charge in [-0.1, -0.05) is 45.7 Å². The van der Waals surface area contributed by atoms with Crippen LogP contribution in [0.4, 0.5) is 0 Å². The van der Waals surface area contributed by atoms with Gasteiger partial charge in [-0.25, -0.2) is 4.79 Å². The van der Waals surface area contributed by atoms with Crippen molar-refractivity contribution in [2.45, 2.75) is 70.8 Å². The summed E-state index contributed by atoms with van der Waals surface area (Å²) in [5.74, 6) is -1.29. The van der Waals surface area contributed by atoms with Crippen molar-refractivity contribution in [2.24, 2.45) is 0 Å². The summed E-state index contributed by atoms with van der Waals surface area (Å²) in [6.45, 7) is 6.18. The first-order valence-corrected chi connectivity index (χ1v) is 12.2. The van der Waals surface area contributed by atoms with Crippen molar-refractivity contribution < 1.29 is 25.2 Å². The smallest absolute Gasteiger partial charge is 0.345 e. The largest absolute Gasteiger partial charge is 0.503 e. The molecule has 2 heterocycles. The highest BCUT2D eigenvalue weighted by molar-refractivity contribution is 7.13. The van der Waals surface area contributed by atoms with Gasteiger partial charge in [-0.05, 0) is 55.5 Å². The van der Waals surface area contributed by atoms with E-state index in [-0.39, 0.29) is 11.6 Å². The van der Waals surface area contributed by atoms with Gasteiger partial charge in [-0.3, -0.25) is 4.57 Å². The number of aromatic nitrogens is 1. The van der Waals surface area contributed by atoms with Crippen LogP contribution in [0.5, 0.6) is 11.6 Å². The standard InChI is InChI=1S/C26H33NO5S/c1-4-5-9-23(29)26(2,3)17-10-12-18(13-11-17)27-19(16-21(28)24(27)30)7-6-8-20-14-15-22(33-20)25(31)32/h10-16,23,28-30H,4-9H2,1-3H3,(H,31,32). The molecule has 3 rings (SSSR count). The molecule has 0 bridgehead atoms. The number of aliphatic hydroxyl groups excluding tert-OH is 1. The molecule has 0 saturated carbocycles. The highest BCUT2D eigenvalue weighted by Gasteiger charge is 2.29. The molecule has 0 amide bonds. The zero-order valence-corrected chi connectivity index (χ0v) is 20.2. The quantitative estimate of drug-likeness (QED) is 0.289. The fraction of sp³-hybridized carbons (Fsp3) is 0.423. The van der Waals surface area contributed by atoms with Crippen LogP contribution in [0.2, 0.25) is 0 Å². The highest BCUT2D eigenvalue weighted by Crippen LogP contribution is 2.35. The Bertz CT molecular complexity index is 1080. The van der Waals surface area contributed by atoms with Gasteiger partial charge in [-0.2, -0.15) is 0 Å². The highest BCUT2D eigenvalue weighted by atomic mass is 32.1. The van der Waals surface area contributed by atoms with E-state index in [4.69, 9.17) is 5.11 Å². The molecule has 4 N–H and O–H groups in total. The zero-order valence-electron chi connectivity index (χ0n) is 19.4. The van der Waals surface area contributed by atoms with Gasteiger partial charge in [0.2, 0.25) is 5.88 Å². The number of carboxylic acid groups (broad SMARTS) is 1. The second-order valence-corrected chi connectivity index (χ2v) is 10.2. The number of unbranched alkanes of at least 4 members (excludes halogenated alkanes) is 1. The Balaban J connectivity index is 1.75. The molecule has 6 nitrogen and oxygen atoms in total. The fourth-order valence-corrected chi connectivity index (χ4v) is 4.96. The molecule has 0 saturated heterocycles. The van der Waals surface area contributed by atoms with E-state index < -0.39 is 17.5 Å². The number of aliphatic hydroxyl groups is 1. The van der Waals surface area contributed by atoms with E-state index in [0.29, 0.717) is 17.7 Å². The molecule has 0 radical (unpaired) electrons. The van der Waals surface area contributed by atoms with Gasteiger partial charge in [0, 0.05) is 27.7 Å². The summed E-state index contributed by atoms with van der Waals surface area (Å²) in [5, 5.41) is 40.3. The topological polar surface area (TPSA) is 103 Å². The molecular weight excluding hydrogens is 438 g/mol. The second-order valence-electron chi connectivity index (χ2n) is 9.03. The van der Waals surface area contributed by atoms with E-state index in [1.807, 2.05) is 44.2 Å². The van der Waals surface area contributed by atoms with Gasteiger partial charge in [0.1, 0.15) is 4.88 Å². The number of thiophene rings is 1. The normalized spacial score (nSPS) is 12.7. The molecule has 3 aromatic rings. The van der Waals surface area contributed by atoms with Crippen LogP contribution in [0.3, 0.4) is 0 Å². The Kier molecular flexibility index (Phi) is 7.87. The number of aromatic hydroxyl groups is 2. The summed E-state index contributed by atoms with van der Waals surface area (Å²) in [5.41, 5.74) is 2.12. The number of nitrogens with zero attached hydrogens (tertiary/aromatic N) is 1. The number of rotatable bonds is 11. The van der Waals surface area contributed by atoms with E-state index in [0.717, 1.165) is 47.5 Å². The average molecular weight is 472 g/mol. The lowest BCUT2D eigenvalue weighted by Gasteiger charge is -2.31. The number of carbonyl (C=O) groups is 1. The SMILES string of the molecule is CCCCC(O)C(C)(C)c1ccc(-n2c(CCCc3ccc(C(=O)O)s3)cc(O)c2O)cc1. The number of hydrogen-bond donors (Lipinski definition) is 4. The van der Waals surface area contributed by atoms with E-state index >= 15 is 0 Å². The van der Waals surface area contributed by atoms with Crippen molar-refractivity contribution in [2.75, 3.05) is 0 Å². The van der Waals surface area contributed by atoms with Crippen LogP contribution >= 0.6 is 11.3 Å². The third kappa shape index (κ3) is 5.60. The number of hydrogen-bond acceptors (Lipinski definition) is 5. The van der Waals surface area contributed by atoms with Gasteiger partial charge in [0.25, 0.3) is 0 Å². The van der Waals surface area contributed by atoms with Crippen LogP contribution in [0, 0.1) is 0 Å². The van der Waals surface area contributed by atoms with Crippen molar-refractivity contribution in [1.82, 2.24) is 4.57 Å². The minimum absolute atomic E-state index is 0.173. The molecule has 1 atom stereocenters. The van der Waals surface area contributed by atoms with E-state index in [9.17, 15) is 20.1 Å². The summed E-state index contributed by atoms with van der Waals surface area (Å²) in [6.07, 6.45) is 4.40. The molecule has 178 valence electrons. The van der Waals surface area contributed by atoms with Crippen LogP contribution in [-0.4, -0.2) is 37.1 Å². The van der Waals surface area contributed by atoms with Crippen molar-refractivity contribution in [1.29, 1.82) is 0 Å². The van der Waals surface area contributed by atoms with Gasteiger partial charge in [0.15, 0.2) is 5.75 Å². The van der Waals surface area contributed by atoms with Crippen LogP contribution in [0.1, 0.15) is 72.3 Å². The van der Waals surface area contributed by atoms with E-state index in [2.05, 4.69) is 6.92 Å². The first kappa shape index (κ1) is 24.9. The second kappa shape index (κ2) is 10.4. The van der Waals surface area contributed by atoms with Gasteiger partial charge in [0.05, 0.1) is 6.10 Å². The molecule has 0 aliphatic heterocycles. The third-order valence-electron chi connectivity index (χ3n) is 6.29. The van der Waals surface area contributed by atoms with Crippen LogP contribution in [-0.2, 0) is 18.3 Å². The number of aromatic carboxylic acids is 1. The minimum Gasteiger partial charge on any atom is -0.503 e.